The smallest absolute Gasteiger partial charge is 0.0443 e. The van der Waals surface area contributed by atoms with E-state index in [4.69, 9.17) is 11.6 Å². The summed E-state index contributed by atoms with van der Waals surface area (Å²) in [5.74, 6) is 2.25. The maximum absolute atomic E-state index is 6.60. The van der Waals surface area contributed by atoms with Crippen LogP contribution in [0.1, 0.15) is 68.4 Å². The van der Waals surface area contributed by atoms with Gasteiger partial charge in [0, 0.05) is 11.6 Å². The Bertz CT molecular complexity index is 443. The molecule has 0 radical (unpaired) electrons. The molecule has 1 N–H and O–H groups in total. The maximum Gasteiger partial charge on any atom is 0.0443 e. The molecule has 2 aliphatic rings. The lowest BCUT2D eigenvalue weighted by atomic mass is 9.79. The second-order valence-electron chi connectivity index (χ2n) is 6.78. The van der Waals surface area contributed by atoms with Gasteiger partial charge in [0.2, 0.25) is 0 Å². The lowest BCUT2D eigenvalue weighted by molar-refractivity contribution is 0.348. The molecule has 110 valence electrons. The Hall–Kier alpha value is -0.530. The number of hydrogen-bond acceptors (Lipinski definition) is 1. The minimum Gasteiger partial charge on any atom is -0.316 e. The van der Waals surface area contributed by atoms with Gasteiger partial charge < -0.3 is 5.32 Å². The van der Waals surface area contributed by atoms with Crippen LogP contribution in [0.5, 0.6) is 0 Å². The fraction of sp³-hybridized carbons (Fsp3) is 0.667. The van der Waals surface area contributed by atoms with Gasteiger partial charge in [0.25, 0.3) is 0 Å². The standard InChI is InChI=1S/C18H26ClN/c1-13-4-6-14(7-5-13)17-9-8-15(11-18(17)19)16-3-2-10-20-12-16/h8-9,11,13-14,16,20H,2-7,10,12H2,1H3. The molecule has 1 aliphatic carbocycles. The van der Waals surface area contributed by atoms with Crippen LogP contribution >= 0.6 is 11.6 Å². The van der Waals surface area contributed by atoms with Crippen molar-refractivity contribution in [2.45, 2.75) is 57.3 Å². The van der Waals surface area contributed by atoms with Crippen molar-refractivity contribution in [1.82, 2.24) is 5.32 Å². The second kappa shape index (κ2) is 6.49. The van der Waals surface area contributed by atoms with E-state index in [9.17, 15) is 0 Å². The Morgan fingerprint density at radius 2 is 1.85 bits per heavy atom. The van der Waals surface area contributed by atoms with E-state index in [0.29, 0.717) is 11.8 Å². The molecule has 2 fully saturated rings. The summed E-state index contributed by atoms with van der Waals surface area (Å²) < 4.78 is 0. The number of benzene rings is 1. The molecule has 0 bridgehead atoms. The molecule has 1 heterocycles. The van der Waals surface area contributed by atoms with Crippen molar-refractivity contribution in [3.63, 3.8) is 0 Å². The van der Waals surface area contributed by atoms with Gasteiger partial charge in [-0.05, 0) is 67.2 Å². The maximum atomic E-state index is 6.60. The van der Waals surface area contributed by atoms with Gasteiger partial charge in [0.05, 0.1) is 0 Å². The average molecular weight is 292 g/mol. The summed E-state index contributed by atoms with van der Waals surface area (Å²) >= 11 is 6.60. The van der Waals surface area contributed by atoms with Gasteiger partial charge in [-0.3, -0.25) is 0 Å². The molecule has 2 heteroatoms. The highest BCUT2D eigenvalue weighted by Crippen LogP contribution is 2.39. The first-order valence-corrected chi connectivity index (χ1v) is 8.62. The van der Waals surface area contributed by atoms with Crippen LogP contribution < -0.4 is 5.32 Å². The third kappa shape index (κ3) is 3.20. The van der Waals surface area contributed by atoms with Crippen LogP contribution in [0.25, 0.3) is 0 Å². The van der Waals surface area contributed by atoms with Gasteiger partial charge in [-0.2, -0.15) is 0 Å². The number of halogens is 1. The lowest BCUT2D eigenvalue weighted by Crippen LogP contribution is -2.28. The first-order valence-electron chi connectivity index (χ1n) is 8.24. The van der Waals surface area contributed by atoms with Crippen molar-refractivity contribution < 1.29 is 0 Å². The number of nitrogens with one attached hydrogen (secondary N) is 1. The lowest BCUT2D eigenvalue weighted by Gasteiger charge is -2.28. The SMILES string of the molecule is CC1CCC(c2ccc(C3CCCNC3)cc2Cl)CC1. The first-order chi connectivity index (χ1) is 9.74. The zero-order valence-electron chi connectivity index (χ0n) is 12.5. The molecule has 1 aromatic rings. The second-order valence-corrected chi connectivity index (χ2v) is 7.19. The molecule has 1 aliphatic heterocycles. The Morgan fingerprint density at radius 3 is 2.50 bits per heavy atom. The number of hydrogen-bond donors (Lipinski definition) is 1. The van der Waals surface area contributed by atoms with Gasteiger partial charge >= 0.3 is 0 Å². The number of rotatable bonds is 2. The Morgan fingerprint density at radius 1 is 1.05 bits per heavy atom. The van der Waals surface area contributed by atoms with Crippen molar-refractivity contribution in [2.75, 3.05) is 13.1 Å². The molecule has 1 saturated carbocycles. The molecule has 1 atom stereocenters. The molecule has 1 nitrogen and oxygen atoms in total. The third-order valence-electron chi connectivity index (χ3n) is 5.25. The zero-order chi connectivity index (χ0) is 13.9. The summed E-state index contributed by atoms with van der Waals surface area (Å²) in [6.07, 6.45) is 7.91. The van der Waals surface area contributed by atoms with E-state index in [-0.39, 0.29) is 0 Å². The molecule has 3 rings (SSSR count). The van der Waals surface area contributed by atoms with Crippen LogP contribution in [0.15, 0.2) is 18.2 Å². The summed E-state index contributed by atoms with van der Waals surface area (Å²) in [7, 11) is 0. The van der Waals surface area contributed by atoms with E-state index < -0.39 is 0 Å². The van der Waals surface area contributed by atoms with Crippen LogP contribution in [-0.4, -0.2) is 13.1 Å². The summed E-state index contributed by atoms with van der Waals surface area (Å²) in [5, 5.41) is 4.50. The Labute approximate surface area is 128 Å². The van der Waals surface area contributed by atoms with Crippen molar-refractivity contribution >= 4 is 11.6 Å². The highest BCUT2D eigenvalue weighted by Gasteiger charge is 2.22. The highest BCUT2D eigenvalue weighted by molar-refractivity contribution is 6.31. The Kier molecular flexibility index (Phi) is 4.68. The Balaban J connectivity index is 1.73. The molecule has 0 aromatic heterocycles. The van der Waals surface area contributed by atoms with Crippen LogP contribution in [0.3, 0.4) is 0 Å². The number of piperidine rings is 1. The molecule has 1 saturated heterocycles. The van der Waals surface area contributed by atoms with Gasteiger partial charge in [0.1, 0.15) is 0 Å². The van der Waals surface area contributed by atoms with Crippen molar-refractivity contribution in [1.29, 1.82) is 0 Å². The van der Waals surface area contributed by atoms with E-state index in [1.165, 1.54) is 56.2 Å². The van der Waals surface area contributed by atoms with Gasteiger partial charge in [-0.1, -0.05) is 43.5 Å². The molecular formula is C18H26ClN. The molecule has 1 unspecified atom stereocenters. The minimum absolute atomic E-state index is 0.654. The predicted molar refractivity (Wildman–Crippen MR) is 86.7 cm³/mol. The van der Waals surface area contributed by atoms with Crippen LogP contribution in [0.4, 0.5) is 0 Å². The monoisotopic (exact) mass is 291 g/mol. The quantitative estimate of drug-likeness (QED) is 0.799. The van der Waals surface area contributed by atoms with Gasteiger partial charge in [0.15, 0.2) is 0 Å². The summed E-state index contributed by atoms with van der Waals surface area (Å²) in [6, 6.07) is 6.89. The van der Waals surface area contributed by atoms with E-state index >= 15 is 0 Å². The van der Waals surface area contributed by atoms with Crippen molar-refractivity contribution in [2.24, 2.45) is 5.92 Å². The summed E-state index contributed by atoms with van der Waals surface area (Å²) in [5.41, 5.74) is 2.82. The molecule has 0 amide bonds. The minimum atomic E-state index is 0.654. The molecule has 1 aromatic carbocycles. The fourth-order valence-electron chi connectivity index (χ4n) is 3.84. The fourth-order valence-corrected chi connectivity index (χ4v) is 4.18. The van der Waals surface area contributed by atoms with Crippen LogP contribution in [0, 0.1) is 5.92 Å². The van der Waals surface area contributed by atoms with Gasteiger partial charge in [-0.15, -0.1) is 0 Å². The van der Waals surface area contributed by atoms with E-state index in [0.717, 1.165) is 17.5 Å². The predicted octanol–water partition coefficient (Wildman–Crippen LogP) is 5.10. The van der Waals surface area contributed by atoms with E-state index in [1.807, 2.05) is 0 Å². The topological polar surface area (TPSA) is 12.0 Å². The normalized spacial score (nSPS) is 31.2. The molecular weight excluding hydrogens is 266 g/mol. The van der Waals surface area contributed by atoms with E-state index in [1.54, 1.807) is 0 Å². The van der Waals surface area contributed by atoms with E-state index in [2.05, 4.69) is 30.4 Å². The first kappa shape index (κ1) is 14.4. The third-order valence-corrected chi connectivity index (χ3v) is 5.58. The highest BCUT2D eigenvalue weighted by atomic mass is 35.5. The average Bonchev–Trinajstić information content (AvgIpc) is 2.49. The van der Waals surface area contributed by atoms with Crippen LogP contribution in [0.2, 0.25) is 5.02 Å². The van der Waals surface area contributed by atoms with Crippen molar-refractivity contribution in [3.8, 4) is 0 Å². The van der Waals surface area contributed by atoms with Crippen LogP contribution in [-0.2, 0) is 0 Å². The van der Waals surface area contributed by atoms with Gasteiger partial charge in [-0.25, -0.2) is 0 Å². The van der Waals surface area contributed by atoms with Crippen molar-refractivity contribution in [3.05, 3.63) is 34.3 Å². The summed E-state index contributed by atoms with van der Waals surface area (Å²) in [4.78, 5) is 0. The zero-order valence-corrected chi connectivity index (χ0v) is 13.3. The molecule has 0 spiro atoms. The summed E-state index contributed by atoms with van der Waals surface area (Å²) in [6.45, 7) is 4.65. The largest absolute Gasteiger partial charge is 0.316 e. The molecule has 20 heavy (non-hydrogen) atoms.